The van der Waals surface area contributed by atoms with Crippen LogP contribution in [0, 0.1) is 0 Å². The summed E-state index contributed by atoms with van der Waals surface area (Å²) in [4.78, 5) is 26.0. The lowest BCUT2D eigenvalue weighted by Crippen LogP contribution is -2.53. The highest BCUT2D eigenvalue weighted by atomic mass is 16.7. The predicted molar refractivity (Wildman–Crippen MR) is 66.0 cm³/mol. The molecule has 3 heterocycles. The van der Waals surface area contributed by atoms with Crippen molar-refractivity contribution in [1.29, 1.82) is 0 Å². The Morgan fingerprint density at radius 2 is 1.80 bits per heavy atom. The number of carbonyl (C=O) groups is 2. The first-order chi connectivity index (χ1) is 9.66. The Morgan fingerprint density at radius 1 is 1.15 bits per heavy atom. The van der Waals surface area contributed by atoms with Crippen LogP contribution in [0.3, 0.4) is 0 Å². The molecular weight excluding hydrogens is 262 g/mol. The summed E-state index contributed by atoms with van der Waals surface area (Å²) >= 11 is 0. The molecule has 2 bridgehead atoms. The maximum absolute atomic E-state index is 12.4. The van der Waals surface area contributed by atoms with Crippen LogP contribution >= 0.6 is 0 Å². The Bertz CT molecular complexity index is 566. The summed E-state index contributed by atoms with van der Waals surface area (Å²) < 4.78 is 10.8. The standard InChI is InChI=1S/C14H13NO5/c16-10-5-9(11-6-19-14(10)20-11)15-12(17)7-3-1-2-4-8(7)13(15)18/h1-4,9-11,14,16H,5-6H2/t9-,10+,11+,14-/m0/s1. The van der Waals surface area contributed by atoms with Gasteiger partial charge in [-0.05, 0) is 12.1 Å². The molecule has 3 aliphatic rings. The first kappa shape index (κ1) is 12.0. The molecule has 0 spiro atoms. The van der Waals surface area contributed by atoms with E-state index >= 15 is 0 Å². The van der Waals surface area contributed by atoms with Crippen molar-refractivity contribution in [2.45, 2.75) is 31.0 Å². The molecule has 0 aromatic heterocycles. The average Bonchev–Trinajstić information content (AvgIpc) is 2.99. The topological polar surface area (TPSA) is 76.1 Å². The van der Waals surface area contributed by atoms with Crippen molar-refractivity contribution >= 4 is 11.8 Å². The van der Waals surface area contributed by atoms with Gasteiger partial charge < -0.3 is 14.6 Å². The number of imide groups is 1. The SMILES string of the molecule is O=C1c2ccccc2C(=O)N1[C@H]1C[C@@H](O)[C@H]2OC[C@H]1O2. The highest BCUT2D eigenvalue weighted by molar-refractivity contribution is 6.21. The molecule has 104 valence electrons. The normalized spacial score (nSPS) is 35.5. The van der Waals surface area contributed by atoms with Gasteiger partial charge in [0.2, 0.25) is 0 Å². The molecule has 3 aliphatic heterocycles. The van der Waals surface area contributed by atoms with Crippen LogP contribution in [-0.2, 0) is 9.47 Å². The minimum absolute atomic E-state index is 0.291. The van der Waals surface area contributed by atoms with E-state index in [0.29, 0.717) is 24.2 Å². The molecule has 4 atom stereocenters. The first-order valence-electron chi connectivity index (χ1n) is 6.59. The Labute approximate surface area is 114 Å². The van der Waals surface area contributed by atoms with Crippen molar-refractivity contribution in [3.05, 3.63) is 35.4 Å². The lowest BCUT2D eigenvalue weighted by molar-refractivity contribution is -0.166. The summed E-state index contributed by atoms with van der Waals surface area (Å²) in [5.74, 6) is -0.645. The van der Waals surface area contributed by atoms with Gasteiger partial charge in [0, 0.05) is 6.42 Å². The van der Waals surface area contributed by atoms with Gasteiger partial charge in [0.1, 0.15) is 12.2 Å². The van der Waals surface area contributed by atoms with Crippen LogP contribution in [-0.4, -0.2) is 53.0 Å². The predicted octanol–water partition coefficient (Wildman–Crippen LogP) is 0.157. The third-order valence-corrected chi connectivity index (χ3v) is 4.12. The zero-order chi connectivity index (χ0) is 13.9. The van der Waals surface area contributed by atoms with Crippen molar-refractivity contribution in [3.8, 4) is 0 Å². The highest BCUT2D eigenvalue weighted by Crippen LogP contribution is 2.35. The van der Waals surface area contributed by atoms with Crippen molar-refractivity contribution in [3.63, 3.8) is 0 Å². The molecule has 2 amide bonds. The van der Waals surface area contributed by atoms with E-state index in [1.54, 1.807) is 24.3 Å². The third kappa shape index (κ3) is 1.49. The monoisotopic (exact) mass is 275 g/mol. The lowest BCUT2D eigenvalue weighted by atomic mass is 10.00. The Morgan fingerprint density at radius 3 is 2.45 bits per heavy atom. The number of fused-ring (bicyclic) bond motifs is 3. The van der Waals surface area contributed by atoms with Gasteiger partial charge >= 0.3 is 0 Å². The minimum Gasteiger partial charge on any atom is -0.388 e. The van der Waals surface area contributed by atoms with E-state index in [1.165, 1.54) is 4.90 Å². The fraction of sp³-hybridized carbons (Fsp3) is 0.429. The van der Waals surface area contributed by atoms with E-state index in [9.17, 15) is 14.7 Å². The van der Waals surface area contributed by atoms with Crippen LogP contribution in [0.2, 0.25) is 0 Å². The fourth-order valence-corrected chi connectivity index (χ4v) is 3.14. The first-order valence-corrected chi connectivity index (χ1v) is 6.59. The van der Waals surface area contributed by atoms with Gasteiger partial charge in [0.15, 0.2) is 6.29 Å². The molecule has 0 saturated carbocycles. The number of carbonyl (C=O) groups excluding carboxylic acids is 2. The summed E-state index contributed by atoms with van der Waals surface area (Å²) in [5, 5.41) is 9.92. The van der Waals surface area contributed by atoms with E-state index in [-0.39, 0.29) is 17.9 Å². The molecule has 0 aliphatic carbocycles. The van der Waals surface area contributed by atoms with Crippen LogP contribution < -0.4 is 0 Å². The quantitative estimate of drug-likeness (QED) is 0.739. The van der Waals surface area contributed by atoms with Gasteiger partial charge in [-0.3, -0.25) is 14.5 Å². The maximum Gasteiger partial charge on any atom is 0.261 e. The molecule has 6 nitrogen and oxygen atoms in total. The molecular formula is C14H13NO5. The lowest BCUT2D eigenvalue weighted by Gasteiger charge is -2.35. The van der Waals surface area contributed by atoms with Crippen LogP contribution in [0.15, 0.2) is 24.3 Å². The van der Waals surface area contributed by atoms with E-state index in [2.05, 4.69) is 0 Å². The van der Waals surface area contributed by atoms with Crippen molar-refractivity contribution in [2.75, 3.05) is 6.61 Å². The van der Waals surface area contributed by atoms with E-state index in [1.807, 2.05) is 0 Å². The number of amides is 2. The molecule has 0 radical (unpaired) electrons. The summed E-state index contributed by atoms with van der Waals surface area (Å²) in [6, 6.07) is 6.27. The van der Waals surface area contributed by atoms with Crippen molar-refractivity contribution < 1.29 is 24.2 Å². The number of rotatable bonds is 1. The number of hydrogen-bond donors (Lipinski definition) is 1. The zero-order valence-corrected chi connectivity index (χ0v) is 10.6. The van der Waals surface area contributed by atoms with Gasteiger partial charge in [-0.2, -0.15) is 0 Å². The summed E-state index contributed by atoms with van der Waals surface area (Å²) in [6.07, 6.45) is -1.51. The Hall–Kier alpha value is -1.76. The van der Waals surface area contributed by atoms with Crippen molar-refractivity contribution in [2.24, 2.45) is 0 Å². The molecule has 0 unspecified atom stereocenters. The zero-order valence-electron chi connectivity index (χ0n) is 10.6. The van der Waals surface area contributed by atoms with Gasteiger partial charge in [-0.1, -0.05) is 12.1 Å². The maximum atomic E-state index is 12.4. The van der Waals surface area contributed by atoms with E-state index in [0.717, 1.165) is 0 Å². The summed E-state index contributed by atoms with van der Waals surface area (Å²) in [5.41, 5.74) is 0.820. The fourth-order valence-electron chi connectivity index (χ4n) is 3.14. The van der Waals surface area contributed by atoms with Crippen LogP contribution in [0.25, 0.3) is 0 Å². The number of hydrogen-bond acceptors (Lipinski definition) is 5. The van der Waals surface area contributed by atoms with Crippen LogP contribution in [0.5, 0.6) is 0 Å². The minimum atomic E-state index is -0.817. The van der Waals surface area contributed by atoms with Crippen LogP contribution in [0.4, 0.5) is 0 Å². The largest absolute Gasteiger partial charge is 0.388 e. The Kier molecular flexibility index (Phi) is 2.47. The van der Waals surface area contributed by atoms with Crippen molar-refractivity contribution in [1.82, 2.24) is 4.90 Å². The van der Waals surface area contributed by atoms with E-state index < -0.39 is 18.4 Å². The van der Waals surface area contributed by atoms with Gasteiger partial charge in [-0.15, -0.1) is 0 Å². The number of nitrogens with zero attached hydrogens (tertiary/aromatic N) is 1. The summed E-state index contributed by atoms with van der Waals surface area (Å²) in [6.45, 7) is 0.291. The molecule has 2 fully saturated rings. The number of ether oxygens (including phenoxy) is 2. The molecule has 1 aromatic rings. The number of aliphatic hydroxyl groups is 1. The van der Waals surface area contributed by atoms with E-state index in [4.69, 9.17) is 9.47 Å². The molecule has 1 aromatic carbocycles. The average molecular weight is 275 g/mol. The second kappa shape index (κ2) is 4.12. The molecule has 6 heteroatoms. The summed E-state index contributed by atoms with van der Waals surface area (Å²) in [7, 11) is 0. The molecule has 1 N–H and O–H groups in total. The second-order valence-electron chi connectivity index (χ2n) is 5.27. The number of aliphatic hydroxyl groups excluding tert-OH is 1. The smallest absolute Gasteiger partial charge is 0.261 e. The second-order valence-corrected chi connectivity index (χ2v) is 5.27. The van der Waals surface area contributed by atoms with Crippen LogP contribution in [0.1, 0.15) is 27.1 Å². The number of benzene rings is 1. The molecule has 2 saturated heterocycles. The third-order valence-electron chi connectivity index (χ3n) is 4.12. The molecule has 20 heavy (non-hydrogen) atoms. The van der Waals surface area contributed by atoms with Gasteiger partial charge in [0.05, 0.1) is 23.8 Å². The Balaban J connectivity index is 1.70. The van der Waals surface area contributed by atoms with Gasteiger partial charge in [-0.25, -0.2) is 0 Å². The molecule has 4 rings (SSSR count). The highest BCUT2D eigenvalue weighted by Gasteiger charge is 2.50. The van der Waals surface area contributed by atoms with Gasteiger partial charge in [0.25, 0.3) is 11.8 Å².